The highest BCUT2D eigenvalue weighted by atomic mass is 16.6. The third kappa shape index (κ3) is 4.61. The summed E-state index contributed by atoms with van der Waals surface area (Å²) in [5, 5.41) is 0. The van der Waals surface area contributed by atoms with Crippen LogP contribution >= 0.6 is 0 Å². The second-order valence-electron chi connectivity index (χ2n) is 4.84. The van der Waals surface area contributed by atoms with Crippen LogP contribution in [0.25, 0.3) is 0 Å². The molecule has 18 heavy (non-hydrogen) atoms. The van der Waals surface area contributed by atoms with Crippen LogP contribution in [0.15, 0.2) is 16.5 Å². The van der Waals surface area contributed by atoms with E-state index in [1.165, 1.54) is 13.2 Å². The zero-order chi connectivity index (χ0) is 13.8. The Balaban J connectivity index is 2.47. The summed E-state index contributed by atoms with van der Waals surface area (Å²) in [6.45, 7) is 5.44. The third-order valence-electron chi connectivity index (χ3n) is 2.04. The van der Waals surface area contributed by atoms with Crippen LogP contribution in [0.4, 0.5) is 0 Å². The number of carbonyl (C=O) groups excluding carboxylic acids is 2. The first kappa shape index (κ1) is 14.3. The van der Waals surface area contributed by atoms with Gasteiger partial charge in [0.25, 0.3) is 0 Å². The first-order chi connectivity index (χ1) is 8.31. The molecule has 0 aromatic carbocycles. The molecule has 0 bridgehead atoms. The van der Waals surface area contributed by atoms with Crippen LogP contribution in [0.3, 0.4) is 0 Å². The molecule has 0 radical (unpaired) electrons. The molecular formula is C13H18O5. The quantitative estimate of drug-likeness (QED) is 0.771. The van der Waals surface area contributed by atoms with Crippen molar-refractivity contribution >= 4 is 11.9 Å². The molecule has 5 nitrogen and oxygen atoms in total. The van der Waals surface area contributed by atoms with Gasteiger partial charge in [-0.25, -0.2) is 4.79 Å². The van der Waals surface area contributed by atoms with E-state index in [2.05, 4.69) is 4.74 Å². The molecule has 0 unspecified atom stereocenters. The van der Waals surface area contributed by atoms with Gasteiger partial charge >= 0.3 is 11.9 Å². The number of carbonyl (C=O) groups is 2. The molecule has 0 spiro atoms. The summed E-state index contributed by atoms with van der Waals surface area (Å²) in [5.41, 5.74) is -0.489. The van der Waals surface area contributed by atoms with Crippen molar-refractivity contribution in [3.8, 4) is 0 Å². The smallest absolute Gasteiger partial charge is 0.373 e. The highest BCUT2D eigenvalue weighted by Crippen LogP contribution is 2.13. The summed E-state index contributed by atoms with van der Waals surface area (Å²) in [6.07, 6.45) is 0.608. The maximum Gasteiger partial charge on any atom is 0.373 e. The molecule has 0 amide bonds. The zero-order valence-electron chi connectivity index (χ0n) is 11.1. The molecule has 0 saturated heterocycles. The molecule has 0 aliphatic heterocycles. The summed E-state index contributed by atoms with van der Waals surface area (Å²) in [6, 6.07) is 3.17. The van der Waals surface area contributed by atoms with Gasteiger partial charge in [0.05, 0.1) is 13.5 Å². The summed E-state index contributed by atoms with van der Waals surface area (Å²) in [5.74, 6) is -0.130. The predicted octanol–water partition coefficient (Wildman–Crippen LogP) is 2.34. The summed E-state index contributed by atoms with van der Waals surface area (Å²) in [4.78, 5) is 22.6. The molecule has 0 fully saturated rings. The van der Waals surface area contributed by atoms with Gasteiger partial charge in [0.2, 0.25) is 5.76 Å². The minimum atomic E-state index is -0.529. The third-order valence-corrected chi connectivity index (χ3v) is 2.04. The minimum absolute atomic E-state index is 0.136. The van der Waals surface area contributed by atoms with Crippen molar-refractivity contribution in [2.45, 2.75) is 39.2 Å². The molecular weight excluding hydrogens is 236 g/mol. The van der Waals surface area contributed by atoms with Crippen LogP contribution in [-0.2, 0) is 20.7 Å². The molecule has 0 saturated carbocycles. The van der Waals surface area contributed by atoms with Gasteiger partial charge in [-0.05, 0) is 32.9 Å². The standard InChI is InChI=1S/C13H18O5/c1-13(2,3)18-11(14)8-6-9-5-7-10(17-9)12(15)16-4/h5,7H,6,8H2,1-4H3. The van der Waals surface area contributed by atoms with Gasteiger partial charge in [0, 0.05) is 6.42 Å². The van der Waals surface area contributed by atoms with Crippen LogP contribution in [-0.4, -0.2) is 24.6 Å². The average molecular weight is 254 g/mol. The molecule has 0 N–H and O–H groups in total. The first-order valence-electron chi connectivity index (χ1n) is 5.70. The Morgan fingerprint density at radius 1 is 1.28 bits per heavy atom. The lowest BCUT2D eigenvalue weighted by Crippen LogP contribution is -2.23. The fourth-order valence-corrected chi connectivity index (χ4v) is 1.34. The van der Waals surface area contributed by atoms with E-state index in [1.807, 2.05) is 20.8 Å². The summed E-state index contributed by atoms with van der Waals surface area (Å²) >= 11 is 0. The van der Waals surface area contributed by atoms with Crippen molar-refractivity contribution in [2.24, 2.45) is 0 Å². The number of rotatable bonds is 4. The largest absolute Gasteiger partial charge is 0.463 e. The van der Waals surface area contributed by atoms with Crippen LogP contribution < -0.4 is 0 Å². The molecule has 0 atom stereocenters. The van der Waals surface area contributed by atoms with E-state index >= 15 is 0 Å². The van der Waals surface area contributed by atoms with Crippen LogP contribution in [0.1, 0.15) is 43.5 Å². The van der Waals surface area contributed by atoms with E-state index in [0.29, 0.717) is 12.2 Å². The van der Waals surface area contributed by atoms with Crippen LogP contribution in [0.5, 0.6) is 0 Å². The molecule has 0 aliphatic rings. The summed E-state index contributed by atoms with van der Waals surface area (Å²) in [7, 11) is 1.28. The maximum atomic E-state index is 11.5. The lowest BCUT2D eigenvalue weighted by molar-refractivity contribution is -0.154. The van der Waals surface area contributed by atoms with Crippen LogP contribution in [0, 0.1) is 0 Å². The Morgan fingerprint density at radius 3 is 2.50 bits per heavy atom. The van der Waals surface area contributed by atoms with E-state index in [-0.39, 0.29) is 18.2 Å². The van der Waals surface area contributed by atoms with E-state index in [9.17, 15) is 9.59 Å². The fraction of sp³-hybridized carbons (Fsp3) is 0.538. The minimum Gasteiger partial charge on any atom is -0.463 e. The van der Waals surface area contributed by atoms with E-state index in [0.717, 1.165) is 0 Å². The number of ether oxygens (including phenoxy) is 2. The van der Waals surface area contributed by atoms with Gasteiger partial charge in [0.1, 0.15) is 11.4 Å². The molecule has 1 rings (SSSR count). The maximum absolute atomic E-state index is 11.5. The van der Waals surface area contributed by atoms with Gasteiger partial charge in [-0.15, -0.1) is 0 Å². The van der Waals surface area contributed by atoms with Gasteiger partial charge in [-0.1, -0.05) is 0 Å². The normalized spacial score (nSPS) is 11.1. The number of esters is 2. The Kier molecular flexibility index (Phi) is 4.53. The molecule has 100 valence electrons. The number of aryl methyl sites for hydroxylation is 1. The van der Waals surface area contributed by atoms with E-state index in [1.54, 1.807) is 6.07 Å². The lowest BCUT2D eigenvalue weighted by Gasteiger charge is -2.19. The van der Waals surface area contributed by atoms with Crippen molar-refractivity contribution in [2.75, 3.05) is 7.11 Å². The second kappa shape index (κ2) is 5.71. The highest BCUT2D eigenvalue weighted by molar-refractivity contribution is 5.86. The molecule has 1 aromatic heterocycles. The monoisotopic (exact) mass is 254 g/mol. The van der Waals surface area contributed by atoms with Crippen LogP contribution in [0.2, 0.25) is 0 Å². The Morgan fingerprint density at radius 2 is 1.94 bits per heavy atom. The predicted molar refractivity (Wildman–Crippen MR) is 64.2 cm³/mol. The SMILES string of the molecule is COC(=O)c1ccc(CCC(=O)OC(C)(C)C)o1. The molecule has 0 aliphatic carbocycles. The zero-order valence-corrected chi connectivity index (χ0v) is 11.1. The number of methoxy groups -OCH3 is 1. The van der Waals surface area contributed by atoms with Crippen molar-refractivity contribution < 1.29 is 23.5 Å². The highest BCUT2D eigenvalue weighted by Gasteiger charge is 2.17. The van der Waals surface area contributed by atoms with Gasteiger partial charge in [0.15, 0.2) is 0 Å². The van der Waals surface area contributed by atoms with Gasteiger partial charge in [-0.3, -0.25) is 4.79 Å². The van der Waals surface area contributed by atoms with Gasteiger partial charge < -0.3 is 13.9 Å². The second-order valence-corrected chi connectivity index (χ2v) is 4.84. The number of hydrogen-bond donors (Lipinski definition) is 0. The van der Waals surface area contributed by atoms with Crippen molar-refractivity contribution in [1.82, 2.24) is 0 Å². The Bertz CT molecular complexity index is 425. The fourth-order valence-electron chi connectivity index (χ4n) is 1.34. The van der Waals surface area contributed by atoms with Crippen molar-refractivity contribution in [3.63, 3.8) is 0 Å². The van der Waals surface area contributed by atoms with E-state index in [4.69, 9.17) is 9.15 Å². The molecule has 5 heteroatoms. The topological polar surface area (TPSA) is 65.7 Å². The average Bonchev–Trinajstić information content (AvgIpc) is 2.71. The van der Waals surface area contributed by atoms with Gasteiger partial charge in [-0.2, -0.15) is 0 Å². The Labute approximate surface area is 106 Å². The van der Waals surface area contributed by atoms with E-state index < -0.39 is 11.6 Å². The summed E-state index contributed by atoms with van der Waals surface area (Å²) < 4.78 is 14.9. The first-order valence-corrected chi connectivity index (χ1v) is 5.70. The molecule has 1 heterocycles. The lowest BCUT2D eigenvalue weighted by atomic mass is 10.2. The molecule has 1 aromatic rings. The van der Waals surface area contributed by atoms with Crippen molar-refractivity contribution in [1.29, 1.82) is 0 Å². The number of hydrogen-bond acceptors (Lipinski definition) is 5. The Hall–Kier alpha value is -1.78. The number of furan rings is 1. The van der Waals surface area contributed by atoms with Crippen molar-refractivity contribution in [3.05, 3.63) is 23.7 Å².